The van der Waals surface area contributed by atoms with Crippen LogP contribution >= 0.6 is 0 Å². The second-order valence-corrected chi connectivity index (χ2v) is 9.43. The summed E-state index contributed by atoms with van der Waals surface area (Å²) in [5.41, 5.74) is 8.80. The summed E-state index contributed by atoms with van der Waals surface area (Å²) in [5.74, 6) is 0.141. The van der Waals surface area contributed by atoms with Crippen LogP contribution in [0.2, 0.25) is 0 Å². The summed E-state index contributed by atoms with van der Waals surface area (Å²) in [4.78, 5) is 20.8. The van der Waals surface area contributed by atoms with Crippen LogP contribution in [0.5, 0.6) is 5.75 Å². The zero-order valence-electron chi connectivity index (χ0n) is 17.6. The number of nitrogens with two attached hydrogens (primary N) is 1. The highest BCUT2D eigenvalue weighted by molar-refractivity contribution is 7.87. The zero-order valence-corrected chi connectivity index (χ0v) is 18.4. The molecule has 2 N–H and O–H groups in total. The van der Waals surface area contributed by atoms with Crippen LogP contribution in [0.15, 0.2) is 72.1 Å². The Kier molecular flexibility index (Phi) is 6.92. The van der Waals surface area contributed by atoms with Crippen LogP contribution in [0.4, 0.5) is 0 Å². The molecule has 0 bridgehead atoms. The summed E-state index contributed by atoms with van der Waals surface area (Å²) in [6.45, 7) is 1.27. The van der Waals surface area contributed by atoms with Gasteiger partial charge >= 0.3 is 0 Å². The van der Waals surface area contributed by atoms with E-state index in [-0.39, 0.29) is 0 Å². The standard InChI is InChI=1S/C24H25N3O4S/c25-23(28)24(9-12-30-13-10-24)32(29)22-6-4-21(5-7-22)31-11-8-18-2-1-3-19(14-18)20-15-26-17-27-16-20/h1-7,14-17H,8-13H2,(H2,25,28). The number of hydrogen-bond acceptors (Lipinski definition) is 6. The average molecular weight is 452 g/mol. The fourth-order valence-electron chi connectivity index (χ4n) is 3.75. The molecule has 0 aliphatic carbocycles. The zero-order chi connectivity index (χ0) is 22.4. The first-order valence-corrected chi connectivity index (χ1v) is 11.6. The van der Waals surface area contributed by atoms with E-state index in [1.807, 2.05) is 12.1 Å². The number of carbonyl (C=O) groups excluding carboxylic acids is 1. The first kappa shape index (κ1) is 22.1. The van der Waals surface area contributed by atoms with Crippen molar-refractivity contribution in [3.63, 3.8) is 0 Å². The van der Waals surface area contributed by atoms with Gasteiger partial charge in [0.2, 0.25) is 5.91 Å². The third-order valence-electron chi connectivity index (χ3n) is 5.62. The first-order valence-electron chi connectivity index (χ1n) is 10.5. The molecule has 1 aromatic heterocycles. The van der Waals surface area contributed by atoms with Crippen LogP contribution in [0.1, 0.15) is 18.4 Å². The van der Waals surface area contributed by atoms with Gasteiger partial charge in [0, 0.05) is 42.5 Å². The Morgan fingerprint density at radius 1 is 1.06 bits per heavy atom. The van der Waals surface area contributed by atoms with Crippen molar-refractivity contribution < 1.29 is 18.5 Å². The van der Waals surface area contributed by atoms with Gasteiger partial charge in [0.1, 0.15) is 16.8 Å². The Balaban J connectivity index is 1.36. The lowest BCUT2D eigenvalue weighted by molar-refractivity contribution is -0.122. The molecule has 32 heavy (non-hydrogen) atoms. The fraction of sp³-hybridized carbons (Fsp3) is 0.292. The lowest BCUT2D eigenvalue weighted by Gasteiger charge is -2.33. The lowest BCUT2D eigenvalue weighted by Crippen LogP contribution is -2.51. The van der Waals surface area contributed by atoms with E-state index >= 15 is 0 Å². The third-order valence-corrected chi connectivity index (χ3v) is 7.64. The first-order chi connectivity index (χ1) is 15.6. The van der Waals surface area contributed by atoms with Gasteiger partial charge in [0.15, 0.2) is 0 Å². The van der Waals surface area contributed by atoms with Gasteiger partial charge in [-0.15, -0.1) is 0 Å². The van der Waals surface area contributed by atoms with Gasteiger partial charge in [-0.2, -0.15) is 0 Å². The van der Waals surface area contributed by atoms with Crippen molar-refractivity contribution in [3.05, 3.63) is 72.8 Å². The molecule has 7 nitrogen and oxygen atoms in total. The molecule has 1 aliphatic rings. The molecule has 1 amide bonds. The van der Waals surface area contributed by atoms with Gasteiger partial charge in [-0.25, -0.2) is 9.97 Å². The molecule has 1 atom stereocenters. The van der Waals surface area contributed by atoms with E-state index in [9.17, 15) is 9.00 Å². The number of rotatable bonds is 8. The highest BCUT2D eigenvalue weighted by atomic mass is 32.2. The maximum Gasteiger partial charge on any atom is 0.236 e. The molecule has 1 aliphatic heterocycles. The predicted octanol–water partition coefficient (Wildman–Crippen LogP) is 2.91. The van der Waals surface area contributed by atoms with Crippen molar-refractivity contribution in [2.24, 2.45) is 5.73 Å². The molecule has 8 heteroatoms. The van der Waals surface area contributed by atoms with Crippen LogP contribution in [-0.4, -0.2) is 44.7 Å². The number of primary amides is 1. The third kappa shape index (κ3) is 4.87. The quantitative estimate of drug-likeness (QED) is 0.565. The number of aromatic nitrogens is 2. The molecule has 0 spiro atoms. The molecule has 1 saturated heterocycles. The molecule has 3 aromatic rings. The van der Waals surface area contributed by atoms with Gasteiger partial charge in [-0.05, 0) is 48.2 Å². The molecule has 1 fully saturated rings. The number of hydrogen-bond donors (Lipinski definition) is 1. The molecule has 166 valence electrons. The van der Waals surface area contributed by atoms with Crippen LogP contribution in [0.25, 0.3) is 11.1 Å². The minimum atomic E-state index is -1.54. The molecule has 0 radical (unpaired) electrons. The summed E-state index contributed by atoms with van der Waals surface area (Å²) in [6, 6.07) is 15.2. The van der Waals surface area contributed by atoms with Crippen LogP contribution < -0.4 is 10.5 Å². The minimum Gasteiger partial charge on any atom is -0.493 e. The summed E-state index contributed by atoms with van der Waals surface area (Å²) in [7, 11) is -1.54. The molecular formula is C24H25N3O4S. The van der Waals surface area contributed by atoms with Crippen molar-refractivity contribution in [2.45, 2.75) is 28.9 Å². The summed E-state index contributed by atoms with van der Waals surface area (Å²) >= 11 is 0. The Morgan fingerprint density at radius 3 is 2.47 bits per heavy atom. The summed E-state index contributed by atoms with van der Waals surface area (Å²) in [5, 5.41) is 0. The van der Waals surface area contributed by atoms with E-state index in [0.717, 1.165) is 23.1 Å². The van der Waals surface area contributed by atoms with Crippen LogP contribution in [0, 0.1) is 0 Å². The molecule has 4 rings (SSSR count). The highest BCUT2D eigenvalue weighted by Gasteiger charge is 2.45. The molecule has 1 unspecified atom stereocenters. The Labute approximate surface area is 189 Å². The maximum absolute atomic E-state index is 13.1. The minimum absolute atomic E-state index is 0.362. The number of nitrogens with zero attached hydrogens (tertiary/aromatic N) is 2. The van der Waals surface area contributed by atoms with Crippen LogP contribution in [0.3, 0.4) is 0 Å². The van der Waals surface area contributed by atoms with E-state index in [2.05, 4.69) is 22.1 Å². The predicted molar refractivity (Wildman–Crippen MR) is 121 cm³/mol. The maximum atomic E-state index is 13.1. The molecule has 0 saturated carbocycles. The topological polar surface area (TPSA) is 104 Å². The normalized spacial score (nSPS) is 16.2. The van der Waals surface area contributed by atoms with Crippen molar-refractivity contribution >= 4 is 16.7 Å². The number of ether oxygens (including phenoxy) is 2. The van der Waals surface area contributed by atoms with Crippen molar-refractivity contribution in [2.75, 3.05) is 19.8 Å². The van der Waals surface area contributed by atoms with Gasteiger partial charge in [-0.3, -0.25) is 9.00 Å². The van der Waals surface area contributed by atoms with E-state index in [1.54, 1.807) is 36.7 Å². The van der Waals surface area contributed by atoms with Crippen LogP contribution in [-0.2, 0) is 26.8 Å². The second-order valence-electron chi connectivity index (χ2n) is 7.64. The molecular weight excluding hydrogens is 426 g/mol. The average Bonchev–Trinajstić information content (AvgIpc) is 2.85. The summed E-state index contributed by atoms with van der Waals surface area (Å²) in [6.07, 6.45) is 6.55. The number of benzene rings is 2. The van der Waals surface area contributed by atoms with Gasteiger partial charge in [0.05, 0.1) is 17.4 Å². The van der Waals surface area contributed by atoms with Gasteiger partial charge < -0.3 is 15.2 Å². The van der Waals surface area contributed by atoms with Crippen molar-refractivity contribution in [1.82, 2.24) is 9.97 Å². The Bertz CT molecular complexity index is 1080. The second kappa shape index (κ2) is 10.0. The summed E-state index contributed by atoms with van der Waals surface area (Å²) < 4.78 is 23.3. The van der Waals surface area contributed by atoms with E-state index in [1.165, 1.54) is 6.33 Å². The monoisotopic (exact) mass is 451 g/mol. The number of amides is 1. The van der Waals surface area contributed by atoms with E-state index < -0.39 is 21.5 Å². The Hall–Kier alpha value is -3.10. The smallest absolute Gasteiger partial charge is 0.236 e. The van der Waals surface area contributed by atoms with Gasteiger partial charge in [-0.1, -0.05) is 24.3 Å². The number of carbonyl (C=O) groups is 1. The molecule has 2 aromatic carbocycles. The van der Waals surface area contributed by atoms with E-state index in [0.29, 0.717) is 43.3 Å². The van der Waals surface area contributed by atoms with Crippen molar-refractivity contribution in [1.29, 1.82) is 0 Å². The largest absolute Gasteiger partial charge is 0.493 e. The van der Waals surface area contributed by atoms with E-state index in [4.69, 9.17) is 15.2 Å². The lowest BCUT2D eigenvalue weighted by atomic mass is 9.98. The van der Waals surface area contributed by atoms with Crippen molar-refractivity contribution in [3.8, 4) is 16.9 Å². The SMILES string of the molecule is NC(=O)C1(S(=O)c2ccc(OCCc3cccc(-c4cncnc4)c3)cc2)CCOCC1. The molecule has 2 heterocycles. The van der Waals surface area contributed by atoms with Gasteiger partial charge in [0.25, 0.3) is 0 Å². The fourth-order valence-corrected chi connectivity index (χ4v) is 5.31. The Morgan fingerprint density at radius 2 is 1.78 bits per heavy atom. The highest BCUT2D eigenvalue weighted by Crippen LogP contribution is 2.32.